The summed E-state index contributed by atoms with van der Waals surface area (Å²) >= 11 is 0. The first-order chi connectivity index (χ1) is 10.6. The summed E-state index contributed by atoms with van der Waals surface area (Å²) in [7, 11) is -0.507. The van der Waals surface area contributed by atoms with Crippen molar-refractivity contribution in [2.24, 2.45) is 5.92 Å². The second-order valence-corrected chi connectivity index (χ2v) is 8.01. The fourth-order valence-corrected chi connectivity index (χ4v) is 3.13. The Morgan fingerprint density at radius 2 is 1.65 bits per heavy atom. The Kier molecular flexibility index (Phi) is 5.27. The summed E-state index contributed by atoms with van der Waals surface area (Å²) in [6.07, 6.45) is 2.06. The molecule has 0 spiro atoms. The first-order valence-corrected chi connectivity index (χ1v) is 8.74. The van der Waals surface area contributed by atoms with Crippen LogP contribution in [0.3, 0.4) is 0 Å². The molecule has 1 fully saturated rings. The summed E-state index contributed by atoms with van der Waals surface area (Å²) in [6.45, 7) is 14.5. The highest BCUT2D eigenvalue weighted by Crippen LogP contribution is 2.37. The fraction of sp³-hybridized carbons (Fsp3) is 0.684. The highest BCUT2D eigenvalue weighted by molar-refractivity contribution is 6.62. The van der Waals surface area contributed by atoms with Crippen LogP contribution in [-0.2, 0) is 9.31 Å². The molecular formula is C19H30BFO2. The van der Waals surface area contributed by atoms with Gasteiger partial charge >= 0.3 is 7.12 Å². The van der Waals surface area contributed by atoms with Crippen LogP contribution in [0.1, 0.15) is 72.8 Å². The van der Waals surface area contributed by atoms with Crippen LogP contribution in [0.4, 0.5) is 4.39 Å². The highest BCUT2D eigenvalue weighted by Gasteiger charge is 2.51. The van der Waals surface area contributed by atoms with Gasteiger partial charge in [0.25, 0.3) is 0 Å². The second kappa shape index (κ2) is 6.56. The van der Waals surface area contributed by atoms with Crippen LogP contribution in [0.2, 0.25) is 0 Å². The van der Waals surface area contributed by atoms with Crippen LogP contribution >= 0.6 is 0 Å². The lowest BCUT2D eigenvalue weighted by molar-refractivity contribution is 0.00578. The zero-order valence-corrected chi connectivity index (χ0v) is 15.6. The largest absolute Gasteiger partial charge is 0.494 e. The van der Waals surface area contributed by atoms with Crippen LogP contribution in [0.25, 0.3) is 0 Å². The number of benzene rings is 1. The molecule has 0 saturated carbocycles. The average molecular weight is 320 g/mol. The molecule has 0 amide bonds. The Hall–Kier alpha value is -0.865. The molecule has 0 N–H and O–H groups in total. The lowest BCUT2D eigenvalue weighted by Gasteiger charge is -2.32. The van der Waals surface area contributed by atoms with E-state index in [1.54, 1.807) is 6.07 Å². The van der Waals surface area contributed by atoms with E-state index in [0.717, 1.165) is 23.9 Å². The summed E-state index contributed by atoms with van der Waals surface area (Å²) in [5, 5.41) is 0. The Balaban J connectivity index is 2.27. The van der Waals surface area contributed by atoms with Gasteiger partial charge in [0, 0.05) is 0 Å². The minimum absolute atomic E-state index is 0.149. The van der Waals surface area contributed by atoms with Gasteiger partial charge in [-0.15, -0.1) is 0 Å². The topological polar surface area (TPSA) is 18.5 Å². The van der Waals surface area contributed by atoms with Crippen molar-refractivity contribution >= 4 is 12.6 Å². The molecule has 128 valence electrons. The quantitative estimate of drug-likeness (QED) is 0.734. The van der Waals surface area contributed by atoms with Gasteiger partial charge in [0.1, 0.15) is 5.82 Å². The molecule has 1 aromatic rings. The maximum Gasteiger partial charge on any atom is 0.494 e. The Morgan fingerprint density at radius 1 is 1.09 bits per heavy atom. The minimum atomic E-state index is -0.507. The SMILES string of the molecule is CCCC(c1ccc(B2OC(C)(C)C(C)(C)O2)cc1F)C(C)C. The second-order valence-electron chi connectivity index (χ2n) is 8.01. The molecule has 1 atom stereocenters. The molecule has 1 aromatic carbocycles. The van der Waals surface area contributed by atoms with E-state index in [0.29, 0.717) is 5.92 Å². The van der Waals surface area contributed by atoms with Gasteiger partial charge in [-0.05, 0) is 63.0 Å². The van der Waals surface area contributed by atoms with Gasteiger partial charge in [-0.2, -0.15) is 0 Å². The van der Waals surface area contributed by atoms with Gasteiger partial charge in [-0.3, -0.25) is 0 Å². The predicted octanol–water partition coefficient (Wildman–Crippen LogP) is 4.66. The summed E-state index contributed by atoms with van der Waals surface area (Å²) in [5.74, 6) is 0.531. The van der Waals surface area contributed by atoms with E-state index in [4.69, 9.17) is 9.31 Å². The molecule has 1 heterocycles. The molecule has 0 aliphatic carbocycles. The van der Waals surface area contributed by atoms with Crippen LogP contribution < -0.4 is 5.46 Å². The standard InChI is InChI=1S/C19H30BFO2/c1-8-9-15(13(2)3)16-11-10-14(12-17(16)21)20-22-18(4,5)19(6,7)23-20/h10-13,15H,8-9H2,1-7H3. The molecule has 1 aliphatic rings. The fourth-order valence-electron chi connectivity index (χ4n) is 3.13. The molecule has 0 aromatic heterocycles. The smallest absolute Gasteiger partial charge is 0.399 e. The molecule has 1 aliphatic heterocycles. The molecule has 1 saturated heterocycles. The van der Waals surface area contributed by atoms with Crippen molar-refractivity contribution in [3.63, 3.8) is 0 Å². The van der Waals surface area contributed by atoms with Gasteiger partial charge in [0.2, 0.25) is 0 Å². The summed E-state index contributed by atoms with van der Waals surface area (Å²) < 4.78 is 26.7. The molecule has 0 radical (unpaired) electrons. The molecule has 4 heteroatoms. The third kappa shape index (κ3) is 3.64. The van der Waals surface area contributed by atoms with Gasteiger partial charge < -0.3 is 9.31 Å². The number of hydrogen-bond acceptors (Lipinski definition) is 2. The van der Waals surface area contributed by atoms with Crippen molar-refractivity contribution in [2.75, 3.05) is 0 Å². The average Bonchev–Trinajstić information content (AvgIpc) is 2.65. The Labute approximate surface area is 140 Å². The van der Waals surface area contributed by atoms with Crippen molar-refractivity contribution in [1.29, 1.82) is 0 Å². The van der Waals surface area contributed by atoms with Crippen molar-refractivity contribution in [3.8, 4) is 0 Å². The zero-order chi connectivity index (χ0) is 17.4. The molecule has 23 heavy (non-hydrogen) atoms. The van der Waals surface area contributed by atoms with Gasteiger partial charge in [-0.25, -0.2) is 4.39 Å². The third-order valence-electron chi connectivity index (χ3n) is 5.35. The maximum absolute atomic E-state index is 14.7. The van der Waals surface area contributed by atoms with Gasteiger partial charge in [0.15, 0.2) is 0 Å². The lowest BCUT2D eigenvalue weighted by Crippen LogP contribution is -2.41. The van der Waals surface area contributed by atoms with Crippen molar-refractivity contribution in [1.82, 2.24) is 0 Å². The summed E-state index contributed by atoms with van der Waals surface area (Å²) in [6, 6.07) is 5.45. The molecule has 2 rings (SSSR count). The third-order valence-corrected chi connectivity index (χ3v) is 5.35. The van der Waals surface area contributed by atoms with E-state index in [1.165, 1.54) is 0 Å². The van der Waals surface area contributed by atoms with Crippen molar-refractivity contribution in [3.05, 3.63) is 29.6 Å². The molecule has 1 unspecified atom stereocenters. The van der Waals surface area contributed by atoms with Crippen LogP contribution in [0.5, 0.6) is 0 Å². The van der Waals surface area contributed by atoms with E-state index in [9.17, 15) is 4.39 Å². The van der Waals surface area contributed by atoms with Gasteiger partial charge in [-0.1, -0.05) is 39.3 Å². The number of halogens is 1. The maximum atomic E-state index is 14.7. The molecule has 2 nitrogen and oxygen atoms in total. The first kappa shape index (κ1) is 18.5. The minimum Gasteiger partial charge on any atom is -0.399 e. The molecule has 0 bridgehead atoms. The van der Waals surface area contributed by atoms with E-state index in [1.807, 2.05) is 39.8 Å². The van der Waals surface area contributed by atoms with Crippen LogP contribution in [-0.4, -0.2) is 18.3 Å². The van der Waals surface area contributed by atoms with E-state index in [-0.39, 0.29) is 11.7 Å². The highest BCUT2D eigenvalue weighted by atomic mass is 19.1. The number of hydrogen-bond donors (Lipinski definition) is 0. The molecular weight excluding hydrogens is 290 g/mol. The van der Waals surface area contributed by atoms with E-state index in [2.05, 4.69) is 20.8 Å². The van der Waals surface area contributed by atoms with Crippen molar-refractivity contribution < 1.29 is 13.7 Å². The monoisotopic (exact) mass is 320 g/mol. The van der Waals surface area contributed by atoms with Crippen LogP contribution in [0, 0.1) is 11.7 Å². The van der Waals surface area contributed by atoms with Gasteiger partial charge in [0.05, 0.1) is 11.2 Å². The van der Waals surface area contributed by atoms with Crippen molar-refractivity contribution in [2.45, 2.75) is 78.4 Å². The summed E-state index contributed by atoms with van der Waals surface area (Å²) in [4.78, 5) is 0. The zero-order valence-electron chi connectivity index (χ0n) is 15.6. The number of rotatable bonds is 5. The van der Waals surface area contributed by atoms with E-state index < -0.39 is 18.3 Å². The predicted molar refractivity (Wildman–Crippen MR) is 94.6 cm³/mol. The Morgan fingerprint density at radius 3 is 2.09 bits per heavy atom. The van der Waals surface area contributed by atoms with Crippen LogP contribution in [0.15, 0.2) is 18.2 Å². The van der Waals surface area contributed by atoms with E-state index >= 15 is 0 Å². The lowest BCUT2D eigenvalue weighted by atomic mass is 9.76. The first-order valence-electron chi connectivity index (χ1n) is 8.74. The Bertz CT molecular complexity index is 538. The normalized spacial score (nSPS) is 21.0. The summed E-state index contributed by atoms with van der Waals surface area (Å²) in [5.41, 5.74) is 0.747.